The molecule has 0 bridgehead atoms. The number of nitriles is 1. The van der Waals surface area contributed by atoms with Crippen LogP contribution in [0, 0.1) is 17.2 Å². The Hall–Kier alpha value is -3.52. The highest BCUT2D eigenvalue weighted by Gasteiger charge is 2.73. The summed E-state index contributed by atoms with van der Waals surface area (Å²) in [4.78, 5) is 16.6. The van der Waals surface area contributed by atoms with E-state index in [1.807, 2.05) is 6.07 Å². The summed E-state index contributed by atoms with van der Waals surface area (Å²) in [6.45, 7) is -0.123. The number of rotatable bonds is 4. The van der Waals surface area contributed by atoms with Crippen LogP contribution in [0.3, 0.4) is 0 Å². The number of allylic oxidation sites excluding steroid dienone is 3. The smallest absolute Gasteiger partial charge is 0.410 e. The van der Waals surface area contributed by atoms with Gasteiger partial charge in [0.2, 0.25) is 0 Å². The predicted molar refractivity (Wildman–Crippen MR) is 124 cm³/mol. The zero-order valence-corrected chi connectivity index (χ0v) is 19.3. The number of urea groups is 1. The molecule has 2 amide bonds. The van der Waals surface area contributed by atoms with Crippen LogP contribution in [0.1, 0.15) is 12.0 Å². The van der Waals surface area contributed by atoms with Crippen molar-refractivity contribution in [1.82, 2.24) is 0 Å². The van der Waals surface area contributed by atoms with Crippen molar-refractivity contribution in [2.45, 2.75) is 24.0 Å². The molecule has 7 nitrogen and oxygen atoms in total. The first-order chi connectivity index (χ1) is 17.1. The molecule has 36 heavy (non-hydrogen) atoms. The number of benzene rings is 2. The number of anilines is 2. The highest BCUT2D eigenvalue weighted by Crippen LogP contribution is 2.54. The lowest BCUT2D eigenvalue weighted by Gasteiger charge is -2.54. The minimum absolute atomic E-state index is 0.0613. The van der Waals surface area contributed by atoms with Crippen LogP contribution in [0.25, 0.3) is 0 Å². The van der Waals surface area contributed by atoms with E-state index < -0.39 is 35.3 Å². The van der Waals surface area contributed by atoms with E-state index in [-0.39, 0.29) is 25.3 Å². The number of carbonyl (C=O) groups excluding carboxylic acids is 1. The summed E-state index contributed by atoms with van der Waals surface area (Å²) in [5.41, 5.74) is -2.33. The van der Waals surface area contributed by atoms with Crippen molar-refractivity contribution in [1.29, 1.82) is 5.26 Å². The number of nitrogens with zero attached hydrogens (tertiary/aromatic N) is 3. The van der Waals surface area contributed by atoms with Crippen molar-refractivity contribution < 1.29 is 32.5 Å². The van der Waals surface area contributed by atoms with Gasteiger partial charge < -0.3 is 14.6 Å². The molecular weight excluding hydrogens is 499 g/mol. The average molecular weight is 518 g/mol. The molecule has 11 heteroatoms. The molecule has 1 spiro atoms. The van der Waals surface area contributed by atoms with Gasteiger partial charge in [-0.2, -0.15) is 5.26 Å². The van der Waals surface area contributed by atoms with Gasteiger partial charge in [-0.15, -0.1) is 13.2 Å². The lowest BCUT2D eigenvalue weighted by Crippen LogP contribution is -2.74. The number of carbonyl (C=O) groups is 1. The van der Waals surface area contributed by atoms with Gasteiger partial charge in [0.05, 0.1) is 24.8 Å². The molecule has 2 unspecified atom stereocenters. The fraction of sp³-hybridized carbons (Fsp3) is 0.280. The standard InChI is InChI=1S/C25H19ClF3N3O4/c26-18-6-10-19(11-7-18)31-22(33)32(20-8-4-16(13-30)5-9-20)24(34,23(31)14-35-15-23)17-2-1-3-21(12-17)36-25(27,28)29/h1-11,17,34H,12,14-15H2. The second-order valence-electron chi connectivity index (χ2n) is 8.72. The predicted octanol–water partition coefficient (Wildman–Crippen LogP) is 5.11. The number of halogens is 4. The second-order valence-corrected chi connectivity index (χ2v) is 9.15. The van der Waals surface area contributed by atoms with E-state index >= 15 is 0 Å². The first-order valence-corrected chi connectivity index (χ1v) is 11.3. The van der Waals surface area contributed by atoms with Crippen LogP contribution in [-0.4, -0.2) is 42.0 Å². The Balaban J connectivity index is 1.64. The maximum atomic E-state index is 14.0. The molecule has 2 heterocycles. The first-order valence-electron chi connectivity index (χ1n) is 10.9. The number of hydrogen-bond donors (Lipinski definition) is 1. The summed E-state index contributed by atoms with van der Waals surface area (Å²) >= 11 is 6.04. The molecular formula is C25H19ClF3N3O4. The monoisotopic (exact) mass is 517 g/mol. The van der Waals surface area contributed by atoms with Crippen LogP contribution < -0.4 is 9.80 Å². The maximum absolute atomic E-state index is 14.0. The molecule has 2 saturated heterocycles. The van der Waals surface area contributed by atoms with Crippen LogP contribution >= 0.6 is 11.6 Å². The first kappa shape index (κ1) is 24.2. The normalized spacial score (nSPS) is 24.9. The molecule has 1 N–H and O–H groups in total. The van der Waals surface area contributed by atoms with Crippen molar-refractivity contribution in [2.75, 3.05) is 23.0 Å². The van der Waals surface area contributed by atoms with Gasteiger partial charge in [-0.3, -0.25) is 9.80 Å². The summed E-state index contributed by atoms with van der Waals surface area (Å²) in [5, 5.41) is 22.1. The summed E-state index contributed by atoms with van der Waals surface area (Å²) in [6, 6.07) is 13.8. The van der Waals surface area contributed by atoms with E-state index in [0.717, 1.165) is 4.90 Å². The molecule has 0 saturated carbocycles. The Morgan fingerprint density at radius 3 is 2.25 bits per heavy atom. The Morgan fingerprint density at radius 1 is 1.08 bits per heavy atom. The third-order valence-electron chi connectivity index (χ3n) is 6.67. The van der Waals surface area contributed by atoms with Gasteiger partial charge in [0.1, 0.15) is 11.3 Å². The summed E-state index contributed by atoms with van der Waals surface area (Å²) in [7, 11) is 0. The number of hydrogen-bond acceptors (Lipinski definition) is 5. The highest BCUT2D eigenvalue weighted by molar-refractivity contribution is 6.30. The van der Waals surface area contributed by atoms with E-state index in [1.54, 1.807) is 30.3 Å². The van der Waals surface area contributed by atoms with Gasteiger partial charge in [-0.05, 0) is 54.6 Å². The van der Waals surface area contributed by atoms with E-state index in [2.05, 4.69) is 4.74 Å². The number of ether oxygens (including phenoxy) is 2. The van der Waals surface area contributed by atoms with Crippen LogP contribution in [0.4, 0.5) is 29.3 Å². The molecule has 2 aromatic carbocycles. The van der Waals surface area contributed by atoms with E-state index in [9.17, 15) is 28.3 Å². The highest BCUT2D eigenvalue weighted by atomic mass is 35.5. The van der Waals surface area contributed by atoms with Crippen LogP contribution in [0.5, 0.6) is 0 Å². The van der Waals surface area contributed by atoms with Crippen LogP contribution in [0.2, 0.25) is 5.02 Å². The molecule has 1 aliphatic carbocycles. The van der Waals surface area contributed by atoms with Crippen molar-refractivity contribution in [3.63, 3.8) is 0 Å². The van der Waals surface area contributed by atoms with Crippen molar-refractivity contribution in [3.05, 3.63) is 83.1 Å². The van der Waals surface area contributed by atoms with Gasteiger partial charge in [0.25, 0.3) is 0 Å². The largest absolute Gasteiger partial charge is 0.572 e. The van der Waals surface area contributed by atoms with Gasteiger partial charge >= 0.3 is 12.4 Å². The molecule has 0 radical (unpaired) electrons. The van der Waals surface area contributed by atoms with Crippen LogP contribution in [-0.2, 0) is 9.47 Å². The minimum atomic E-state index is -4.91. The molecule has 5 rings (SSSR count). The Morgan fingerprint density at radius 2 is 1.69 bits per heavy atom. The lowest BCUT2D eigenvalue weighted by atomic mass is 9.73. The number of aliphatic hydroxyl groups is 1. The molecule has 2 aliphatic heterocycles. The van der Waals surface area contributed by atoms with Crippen LogP contribution in [0.15, 0.2) is 72.5 Å². The average Bonchev–Trinajstić information content (AvgIpc) is 3.03. The van der Waals surface area contributed by atoms with E-state index in [0.29, 0.717) is 16.3 Å². The van der Waals surface area contributed by atoms with Gasteiger partial charge in [0.15, 0.2) is 5.72 Å². The Bertz CT molecular complexity index is 1280. The van der Waals surface area contributed by atoms with Gasteiger partial charge in [-0.1, -0.05) is 23.8 Å². The third kappa shape index (κ3) is 3.71. The Labute approximate surface area is 209 Å². The fourth-order valence-corrected chi connectivity index (χ4v) is 5.17. The van der Waals surface area contributed by atoms with Crippen molar-refractivity contribution in [2.24, 2.45) is 5.92 Å². The van der Waals surface area contributed by atoms with Gasteiger partial charge in [0, 0.05) is 28.7 Å². The second kappa shape index (κ2) is 8.55. The lowest BCUT2D eigenvalue weighted by molar-refractivity contribution is -0.307. The van der Waals surface area contributed by atoms with Crippen molar-refractivity contribution >= 4 is 29.0 Å². The molecule has 0 aromatic heterocycles. The topological polar surface area (TPSA) is 86.0 Å². The number of amides is 2. The van der Waals surface area contributed by atoms with Crippen molar-refractivity contribution in [3.8, 4) is 6.07 Å². The Kier molecular flexibility index (Phi) is 5.75. The summed E-state index contributed by atoms with van der Waals surface area (Å²) < 4.78 is 48.6. The molecule has 2 fully saturated rings. The molecule has 2 atom stereocenters. The molecule has 2 aromatic rings. The molecule has 186 valence electrons. The molecule has 3 aliphatic rings. The van der Waals surface area contributed by atoms with E-state index in [4.69, 9.17) is 16.3 Å². The third-order valence-corrected chi connectivity index (χ3v) is 6.92. The van der Waals surface area contributed by atoms with E-state index in [1.165, 1.54) is 41.3 Å². The fourth-order valence-electron chi connectivity index (χ4n) is 5.04. The number of alkyl halides is 3. The zero-order chi connectivity index (χ0) is 25.7. The minimum Gasteiger partial charge on any atom is -0.410 e. The maximum Gasteiger partial charge on any atom is 0.572 e. The quantitative estimate of drug-likeness (QED) is 0.609. The SMILES string of the molecule is N#Cc1ccc(N2C(=O)N(c3ccc(Cl)cc3)C3(COC3)C2(O)C2C=CC=C(OC(F)(F)F)C2)cc1. The summed E-state index contributed by atoms with van der Waals surface area (Å²) in [5.74, 6) is -1.38. The summed E-state index contributed by atoms with van der Waals surface area (Å²) in [6.07, 6.45) is -1.12. The van der Waals surface area contributed by atoms with Gasteiger partial charge in [-0.25, -0.2) is 4.79 Å². The zero-order valence-electron chi connectivity index (χ0n) is 18.6.